The maximum Gasteiger partial charge on any atom is 0.319 e. The minimum atomic E-state index is -0.543. The van der Waals surface area contributed by atoms with Crippen molar-refractivity contribution >= 4 is 28.8 Å². The van der Waals surface area contributed by atoms with Crippen molar-refractivity contribution in [2.45, 2.75) is 19.4 Å². The lowest BCUT2D eigenvalue weighted by Crippen LogP contribution is -2.25. The van der Waals surface area contributed by atoms with Crippen LogP contribution in [0.15, 0.2) is 24.4 Å². The zero-order valence-electron chi connectivity index (χ0n) is 15.6. The first-order valence-corrected chi connectivity index (χ1v) is 8.73. The fraction of sp³-hybridized carbons (Fsp3) is 0.389. The van der Waals surface area contributed by atoms with Gasteiger partial charge in [-0.2, -0.15) is 0 Å². The molecule has 0 radical (unpaired) electrons. The van der Waals surface area contributed by atoms with Crippen LogP contribution in [0, 0.1) is 15.9 Å². The molecule has 2 aromatic rings. The molecule has 0 saturated carbocycles. The predicted octanol–water partition coefficient (Wildman–Crippen LogP) is 4.35. The Morgan fingerprint density at radius 3 is 2.67 bits per heavy atom. The Hall–Kier alpha value is -2.45. The molecule has 1 atom stereocenters. The van der Waals surface area contributed by atoms with Gasteiger partial charge >= 0.3 is 5.69 Å². The second kappa shape index (κ2) is 8.96. The van der Waals surface area contributed by atoms with Gasteiger partial charge in [0, 0.05) is 33.0 Å². The van der Waals surface area contributed by atoms with Gasteiger partial charge in [-0.3, -0.25) is 10.1 Å². The van der Waals surface area contributed by atoms with Gasteiger partial charge in [-0.15, -0.1) is 0 Å². The van der Waals surface area contributed by atoms with Gasteiger partial charge in [0.15, 0.2) is 0 Å². The average Bonchev–Trinajstić information content (AvgIpc) is 2.62. The fourth-order valence-corrected chi connectivity index (χ4v) is 2.96. The smallest absolute Gasteiger partial charge is 0.319 e. The number of rotatable bonds is 8. The number of ether oxygens (including phenoxy) is 1. The van der Waals surface area contributed by atoms with Crippen molar-refractivity contribution in [3.63, 3.8) is 0 Å². The van der Waals surface area contributed by atoms with E-state index in [1.54, 1.807) is 26.1 Å². The number of hydrogen-bond acceptors (Lipinski definition) is 6. The minimum Gasteiger partial charge on any atom is -0.383 e. The molecule has 0 saturated heterocycles. The summed E-state index contributed by atoms with van der Waals surface area (Å²) in [5.41, 5.74) is 0.464. The standard InChI is InChI=1S/C18H22ClFN4O3/c1-5-11(10-27-4)22-18-17(24(25)26)12(6-7-21-18)13-8-15(20)16(23(2)3)9-14(13)19/h6-9,11H,5,10H2,1-4H3,(H,21,22). The van der Waals surface area contributed by atoms with Crippen molar-refractivity contribution < 1.29 is 14.1 Å². The quantitative estimate of drug-likeness (QED) is 0.527. The molecule has 2 rings (SSSR count). The van der Waals surface area contributed by atoms with Gasteiger partial charge in [0.1, 0.15) is 5.82 Å². The zero-order valence-corrected chi connectivity index (χ0v) is 16.4. The van der Waals surface area contributed by atoms with Crippen molar-refractivity contribution in [1.82, 2.24) is 4.98 Å². The highest BCUT2D eigenvalue weighted by atomic mass is 35.5. The van der Waals surface area contributed by atoms with Gasteiger partial charge in [-0.1, -0.05) is 18.5 Å². The van der Waals surface area contributed by atoms with Gasteiger partial charge in [0.25, 0.3) is 0 Å². The number of nitrogens with one attached hydrogen (secondary N) is 1. The average molecular weight is 397 g/mol. The van der Waals surface area contributed by atoms with E-state index < -0.39 is 10.7 Å². The Balaban J connectivity index is 2.60. The number of nitro groups is 1. The molecule has 9 heteroatoms. The zero-order chi connectivity index (χ0) is 20.1. The second-order valence-electron chi connectivity index (χ2n) is 6.20. The van der Waals surface area contributed by atoms with E-state index in [-0.39, 0.29) is 33.7 Å². The van der Waals surface area contributed by atoms with Crippen LogP contribution in [0.5, 0.6) is 0 Å². The summed E-state index contributed by atoms with van der Waals surface area (Å²) < 4.78 is 19.6. The summed E-state index contributed by atoms with van der Waals surface area (Å²) >= 11 is 6.31. The Labute approximate surface area is 162 Å². The largest absolute Gasteiger partial charge is 0.383 e. The van der Waals surface area contributed by atoms with Crippen LogP contribution < -0.4 is 10.2 Å². The molecule has 0 spiro atoms. The topological polar surface area (TPSA) is 80.5 Å². The van der Waals surface area contributed by atoms with Crippen LogP contribution in [-0.4, -0.2) is 43.8 Å². The third-order valence-electron chi connectivity index (χ3n) is 4.12. The lowest BCUT2D eigenvalue weighted by atomic mass is 10.0. The van der Waals surface area contributed by atoms with Crippen LogP contribution in [0.4, 0.5) is 21.6 Å². The summed E-state index contributed by atoms with van der Waals surface area (Å²) in [4.78, 5) is 16.9. The molecule has 0 aliphatic heterocycles. The number of hydrogen-bond donors (Lipinski definition) is 1. The third kappa shape index (κ3) is 4.64. The molecule has 146 valence electrons. The number of anilines is 2. The molecule has 0 aliphatic carbocycles. The van der Waals surface area contributed by atoms with E-state index >= 15 is 0 Å². The molecule has 1 heterocycles. The van der Waals surface area contributed by atoms with Crippen LogP contribution in [0.3, 0.4) is 0 Å². The van der Waals surface area contributed by atoms with Crippen LogP contribution in [0.1, 0.15) is 13.3 Å². The van der Waals surface area contributed by atoms with Crippen LogP contribution >= 0.6 is 11.6 Å². The number of nitrogens with zero attached hydrogens (tertiary/aromatic N) is 3. The first kappa shape index (κ1) is 20.9. The molecular weight excluding hydrogens is 375 g/mol. The van der Waals surface area contributed by atoms with Gasteiger partial charge in [-0.25, -0.2) is 9.37 Å². The first-order valence-electron chi connectivity index (χ1n) is 8.35. The van der Waals surface area contributed by atoms with E-state index in [0.29, 0.717) is 18.7 Å². The molecule has 1 aromatic heterocycles. The second-order valence-corrected chi connectivity index (χ2v) is 6.60. The fourth-order valence-electron chi connectivity index (χ4n) is 2.70. The van der Waals surface area contributed by atoms with Gasteiger partial charge in [0.2, 0.25) is 5.82 Å². The van der Waals surface area contributed by atoms with Crippen molar-refractivity contribution in [3.8, 4) is 11.1 Å². The van der Waals surface area contributed by atoms with E-state index in [2.05, 4.69) is 10.3 Å². The number of methoxy groups -OCH3 is 1. The molecule has 0 fully saturated rings. The lowest BCUT2D eigenvalue weighted by Gasteiger charge is -2.18. The van der Waals surface area contributed by atoms with Crippen molar-refractivity contribution in [1.29, 1.82) is 0 Å². The van der Waals surface area contributed by atoms with E-state index in [4.69, 9.17) is 16.3 Å². The van der Waals surface area contributed by atoms with Crippen molar-refractivity contribution in [2.24, 2.45) is 0 Å². The van der Waals surface area contributed by atoms with Gasteiger partial charge in [-0.05, 0) is 24.6 Å². The van der Waals surface area contributed by atoms with E-state index in [1.165, 1.54) is 24.4 Å². The molecule has 0 amide bonds. The molecule has 27 heavy (non-hydrogen) atoms. The maximum absolute atomic E-state index is 14.4. The van der Waals surface area contributed by atoms with Crippen molar-refractivity contribution in [3.05, 3.63) is 45.4 Å². The van der Waals surface area contributed by atoms with Crippen LogP contribution in [0.25, 0.3) is 11.1 Å². The van der Waals surface area contributed by atoms with E-state index in [1.807, 2.05) is 6.92 Å². The highest BCUT2D eigenvalue weighted by Crippen LogP contribution is 2.40. The first-order chi connectivity index (χ1) is 12.8. The molecule has 7 nitrogen and oxygen atoms in total. The number of aromatic nitrogens is 1. The number of pyridine rings is 1. The molecule has 1 N–H and O–H groups in total. The van der Waals surface area contributed by atoms with Crippen LogP contribution in [0.2, 0.25) is 5.02 Å². The van der Waals surface area contributed by atoms with Gasteiger partial charge in [0.05, 0.1) is 33.8 Å². The summed E-state index contributed by atoms with van der Waals surface area (Å²) in [6.45, 7) is 2.30. The Morgan fingerprint density at radius 1 is 1.41 bits per heavy atom. The molecular formula is C18H22ClFN4O3. The summed E-state index contributed by atoms with van der Waals surface area (Å²) in [6.07, 6.45) is 2.11. The normalized spacial score (nSPS) is 11.9. The monoisotopic (exact) mass is 396 g/mol. The summed E-state index contributed by atoms with van der Waals surface area (Å²) in [5.74, 6) is -0.430. The Kier molecular flexibility index (Phi) is 6.92. The molecule has 1 aromatic carbocycles. The molecule has 1 unspecified atom stereocenters. The maximum atomic E-state index is 14.4. The molecule has 0 aliphatic rings. The van der Waals surface area contributed by atoms with E-state index in [0.717, 1.165) is 0 Å². The summed E-state index contributed by atoms with van der Waals surface area (Å²) in [5, 5.41) is 15.0. The SMILES string of the molecule is CCC(COC)Nc1nccc(-c2cc(F)c(N(C)C)cc2Cl)c1[N+](=O)[O-]. The van der Waals surface area contributed by atoms with E-state index in [9.17, 15) is 14.5 Å². The Bertz CT molecular complexity index is 832. The minimum absolute atomic E-state index is 0.0922. The van der Waals surface area contributed by atoms with Crippen LogP contribution in [-0.2, 0) is 4.74 Å². The number of benzene rings is 1. The van der Waals surface area contributed by atoms with Gasteiger partial charge < -0.3 is 15.0 Å². The number of halogens is 2. The summed E-state index contributed by atoms with van der Waals surface area (Å²) in [7, 11) is 4.93. The highest BCUT2D eigenvalue weighted by molar-refractivity contribution is 6.33. The Morgan fingerprint density at radius 2 is 2.11 bits per heavy atom. The predicted molar refractivity (Wildman–Crippen MR) is 105 cm³/mol. The third-order valence-corrected chi connectivity index (χ3v) is 4.43. The lowest BCUT2D eigenvalue weighted by molar-refractivity contribution is -0.383. The highest BCUT2D eigenvalue weighted by Gasteiger charge is 2.26. The molecule has 0 bridgehead atoms. The van der Waals surface area contributed by atoms with Crippen molar-refractivity contribution in [2.75, 3.05) is 38.0 Å². The summed E-state index contributed by atoms with van der Waals surface area (Å²) in [6, 6.07) is 3.95.